The highest BCUT2D eigenvalue weighted by Crippen LogP contribution is 2.13. The molecule has 0 spiro atoms. The monoisotopic (exact) mass is 244 g/mol. The van der Waals surface area contributed by atoms with Gasteiger partial charge in [-0.05, 0) is 32.9 Å². The van der Waals surface area contributed by atoms with Gasteiger partial charge in [0, 0.05) is 31.3 Å². The van der Waals surface area contributed by atoms with E-state index in [9.17, 15) is 5.11 Å². The second kappa shape index (κ2) is 8.03. The first-order valence-electron chi connectivity index (χ1n) is 6.78. The van der Waals surface area contributed by atoms with Crippen molar-refractivity contribution in [2.24, 2.45) is 0 Å². The standard InChI is InChI=1S/C13H28N2O2/c1-11(2)14-12(10-16)4-7-15(3)13-5-8-17-9-6-13/h11-14,16H,4-10H2,1-3H3. The van der Waals surface area contributed by atoms with Crippen molar-refractivity contribution in [1.29, 1.82) is 0 Å². The first-order chi connectivity index (χ1) is 8.13. The number of hydrogen-bond donors (Lipinski definition) is 2. The van der Waals surface area contributed by atoms with Crippen molar-refractivity contribution in [3.8, 4) is 0 Å². The molecule has 1 saturated heterocycles. The van der Waals surface area contributed by atoms with E-state index >= 15 is 0 Å². The van der Waals surface area contributed by atoms with Crippen LogP contribution >= 0.6 is 0 Å². The maximum Gasteiger partial charge on any atom is 0.0585 e. The number of rotatable bonds is 7. The highest BCUT2D eigenvalue weighted by atomic mass is 16.5. The number of nitrogens with one attached hydrogen (secondary N) is 1. The van der Waals surface area contributed by atoms with Gasteiger partial charge in [-0.15, -0.1) is 0 Å². The van der Waals surface area contributed by atoms with Crippen LogP contribution in [0, 0.1) is 0 Å². The topological polar surface area (TPSA) is 44.7 Å². The van der Waals surface area contributed by atoms with Crippen molar-refractivity contribution < 1.29 is 9.84 Å². The molecule has 1 aliphatic rings. The summed E-state index contributed by atoms with van der Waals surface area (Å²) in [7, 11) is 2.18. The molecule has 0 aliphatic carbocycles. The highest BCUT2D eigenvalue weighted by molar-refractivity contribution is 4.75. The third kappa shape index (κ3) is 5.82. The van der Waals surface area contributed by atoms with Crippen LogP contribution in [0.15, 0.2) is 0 Å². The Labute approximate surface area is 105 Å². The Hall–Kier alpha value is -0.160. The summed E-state index contributed by atoms with van der Waals surface area (Å²) in [6, 6.07) is 1.31. The predicted octanol–water partition coefficient (Wildman–Crippen LogP) is 0.846. The van der Waals surface area contributed by atoms with Crippen LogP contribution in [0.1, 0.15) is 33.1 Å². The van der Waals surface area contributed by atoms with Gasteiger partial charge in [0.1, 0.15) is 0 Å². The van der Waals surface area contributed by atoms with Gasteiger partial charge in [-0.25, -0.2) is 0 Å². The first-order valence-corrected chi connectivity index (χ1v) is 6.78. The molecule has 0 saturated carbocycles. The summed E-state index contributed by atoms with van der Waals surface area (Å²) in [5.41, 5.74) is 0. The molecule has 0 bridgehead atoms. The third-order valence-corrected chi connectivity index (χ3v) is 3.43. The molecule has 0 radical (unpaired) electrons. The molecule has 4 nitrogen and oxygen atoms in total. The minimum Gasteiger partial charge on any atom is -0.395 e. The van der Waals surface area contributed by atoms with Gasteiger partial charge in [0.2, 0.25) is 0 Å². The van der Waals surface area contributed by atoms with Crippen molar-refractivity contribution in [2.45, 2.75) is 51.2 Å². The lowest BCUT2D eigenvalue weighted by Crippen LogP contribution is -2.42. The Morgan fingerprint density at radius 1 is 1.35 bits per heavy atom. The highest BCUT2D eigenvalue weighted by Gasteiger charge is 2.19. The summed E-state index contributed by atoms with van der Waals surface area (Å²) in [6.45, 7) is 7.27. The lowest BCUT2D eigenvalue weighted by atomic mass is 10.1. The van der Waals surface area contributed by atoms with Gasteiger partial charge in [-0.2, -0.15) is 0 Å². The first kappa shape index (κ1) is 14.9. The van der Waals surface area contributed by atoms with Crippen LogP contribution < -0.4 is 5.32 Å². The molecule has 1 aliphatic heterocycles. The molecule has 1 rings (SSSR count). The van der Waals surface area contributed by atoms with Gasteiger partial charge in [-0.1, -0.05) is 13.8 Å². The van der Waals surface area contributed by atoms with E-state index in [0.29, 0.717) is 12.1 Å². The average Bonchev–Trinajstić information content (AvgIpc) is 2.34. The average molecular weight is 244 g/mol. The molecule has 102 valence electrons. The smallest absolute Gasteiger partial charge is 0.0585 e. The minimum atomic E-state index is 0.220. The Bertz CT molecular complexity index is 194. The van der Waals surface area contributed by atoms with Crippen LogP contribution in [0.5, 0.6) is 0 Å². The normalized spacial score (nSPS) is 20.1. The van der Waals surface area contributed by atoms with E-state index in [4.69, 9.17) is 4.74 Å². The van der Waals surface area contributed by atoms with Crippen molar-refractivity contribution in [3.63, 3.8) is 0 Å². The summed E-state index contributed by atoms with van der Waals surface area (Å²) < 4.78 is 5.37. The maximum atomic E-state index is 9.30. The molecule has 0 aromatic rings. The summed E-state index contributed by atoms with van der Waals surface area (Å²) in [6.07, 6.45) is 3.28. The fourth-order valence-electron chi connectivity index (χ4n) is 2.37. The van der Waals surface area contributed by atoms with Crippen molar-refractivity contribution in [2.75, 3.05) is 33.4 Å². The van der Waals surface area contributed by atoms with E-state index in [1.807, 2.05) is 0 Å². The third-order valence-electron chi connectivity index (χ3n) is 3.43. The van der Waals surface area contributed by atoms with E-state index in [2.05, 4.69) is 31.1 Å². The van der Waals surface area contributed by atoms with Gasteiger partial charge in [0.05, 0.1) is 6.61 Å². The van der Waals surface area contributed by atoms with E-state index in [-0.39, 0.29) is 12.6 Å². The van der Waals surface area contributed by atoms with Crippen LogP contribution in [-0.2, 0) is 4.74 Å². The molecule has 2 N–H and O–H groups in total. The zero-order valence-corrected chi connectivity index (χ0v) is 11.5. The van der Waals surface area contributed by atoms with Crippen molar-refractivity contribution >= 4 is 0 Å². The molecule has 0 aromatic carbocycles. The second-order valence-electron chi connectivity index (χ2n) is 5.31. The Morgan fingerprint density at radius 2 is 2.00 bits per heavy atom. The minimum absolute atomic E-state index is 0.220. The van der Waals surface area contributed by atoms with Gasteiger partial charge < -0.3 is 20.1 Å². The summed E-state index contributed by atoms with van der Waals surface area (Å²) in [5.74, 6) is 0. The Kier molecular flexibility index (Phi) is 7.04. The number of ether oxygens (including phenoxy) is 1. The molecule has 1 unspecified atom stereocenters. The van der Waals surface area contributed by atoms with Gasteiger partial charge in [0.25, 0.3) is 0 Å². The van der Waals surface area contributed by atoms with E-state index in [1.165, 1.54) is 0 Å². The number of nitrogens with zero attached hydrogens (tertiary/aromatic N) is 1. The molecule has 1 atom stereocenters. The van der Waals surface area contributed by atoms with Gasteiger partial charge in [0.15, 0.2) is 0 Å². The fraction of sp³-hybridized carbons (Fsp3) is 1.00. The zero-order valence-electron chi connectivity index (χ0n) is 11.5. The molecule has 4 heteroatoms. The summed E-state index contributed by atoms with van der Waals surface area (Å²) >= 11 is 0. The molecule has 17 heavy (non-hydrogen) atoms. The van der Waals surface area contributed by atoms with E-state index in [0.717, 1.165) is 39.0 Å². The number of aliphatic hydroxyl groups is 1. The molecular weight excluding hydrogens is 216 g/mol. The van der Waals surface area contributed by atoms with Crippen LogP contribution in [0.4, 0.5) is 0 Å². The molecule has 0 amide bonds. The van der Waals surface area contributed by atoms with Gasteiger partial charge in [-0.3, -0.25) is 0 Å². The summed E-state index contributed by atoms with van der Waals surface area (Å²) in [5, 5.41) is 12.7. The fourth-order valence-corrected chi connectivity index (χ4v) is 2.37. The Balaban J connectivity index is 2.22. The summed E-state index contributed by atoms with van der Waals surface area (Å²) in [4.78, 5) is 2.41. The molecule has 1 fully saturated rings. The lowest BCUT2D eigenvalue weighted by molar-refractivity contribution is 0.0411. The van der Waals surface area contributed by atoms with Crippen LogP contribution in [0.2, 0.25) is 0 Å². The van der Waals surface area contributed by atoms with E-state index in [1.54, 1.807) is 0 Å². The molecular formula is C13H28N2O2. The van der Waals surface area contributed by atoms with Crippen LogP contribution in [0.3, 0.4) is 0 Å². The van der Waals surface area contributed by atoms with E-state index < -0.39 is 0 Å². The maximum absolute atomic E-state index is 9.30. The molecule has 1 heterocycles. The number of aliphatic hydroxyl groups excluding tert-OH is 1. The van der Waals surface area contributed by atoms with Crippen LogP contribution in [-0.4, -0.2) is 61.5 Å². The zero-order chi connectivity index (χ0) is 12.7. The number of hydrogen-bond acceptors (Lipinski definition) is 4. The van der Waals surface area contributed by atoms with Crippen molar-refractivity contribution in [1.82, 2.24) is 10.2 Å². The Morgan fingerprint density at radius 3 is 2.53 bits per heavy atom. The second-order valence-corrected chi connectivity index (χ2v) is 5.31. The van der Waals surface area contributed by atoms with Gasteiger partial charge >= 0.3 is 0 Å². The van der Waals surface area contributed by atoms with Crippen LogP contribution in [0.25, 0.3) is 0 Å². The SMILES string of the molecule is CC(C)NC(CO)CCN(C)C1CCOCC1. The quantitative estimate of drug-likeness (QED) is 0.697. The predicted molar refractivity (Wildman–Crippen MR) is 70.2 cm³/mol. The van der Waals surface area contributed by atoms with Crippen molar-refractivity contribution in [3.05, 3.63) is 0 Å². The largest absolute Gasteiger partial charge is 0.395 e. The lowest BCUT2D eigenvalue weighted by Gasteiger charge is -2.32. The molecule has 0 aromatic heterocycles.